The van der Waals surface area contributed by atoms with Gasteiger partial charge in [0.05, 0.1) is 5.69 Å². The lowest BCUT2D eigenvalue weighted by Crippen LogP contribution is -2.60. The summed E-state index contributed by atoms with van der Waals surface area (Å²) in [6.07, 6.45) is 0. The van der Waals surface area contributed by atoms with Gasteiger partial charge in [0.15, 0.2) is 5.82 Å². The van der Waals surface area contributed by atoms with E-state index in [0.717, 1.165) is 11.0 Å². The molecule has 1 unspecified atom stereocenters. The first-order chi connectivity index (χ1) is 9.31. The number of nitrogens with zero attached hydrogens (tertiary/aromatic N) is 1. The van der Waals surface area contributed by atoms with Crippen molar-refractivity contribution in [2.75, 3.05) is 11.4 Å². The SMILES string of the molecule is CC(C)C1NC(=O)CN(c2c(F)cc(F)cc2Br)C1=O. The van der Waals surface area contributed by atoms with Crippen LogP contribution in [0.1, 0.15) is 13.8 Å². The Hall–Kier alpha value is -1.50. The third kappa shape index (κ3) is 2.67. The van der Waals surface area contributed by atoms with E-state index in [1.165, 1.54) is 0 Å². The number of nitrogens with one attached hydrogen (secondary N) is 1. The van der Waals surface area contributed by atoms with Crippen LogP contribution in [0.3, 0.4) is 0 Å². The van der Waals surface area contributed by atoms with Crippen molar-refractivity contribution in [1.82, 2.24) is 5.32 Å². The molecule has 0 aliphatic carbocycles. The minimum atomic E-state index is -0.887. The predicted octanol–water partition coefficient (Wildman–Crippen LogP) is 2.21. The van der Waals surface area contributed by atoms with Gasteiger partial charge in [-0.3, -0.25) is 14.5 Å². The first-order valence-electron chi connectivity index (χ1n) is 6.06. The van der Waals surface area contributed by atoms with Crippen LogP contribution in [0.15, 0.2) is 16.6 Å². The number of piperazine rings is 1. The average Bonchev–Trinajstić information content (AvgIpc) is 2.31. The van der Waals surface area contributed by atoms with Gasteiger partial charge in [-0.05, 0) is 27.9 Å². The molecule has 2 amide bonds. The Morgan fingerprint density at radius 1 is 1.35 bits per heavy atom. The van der Waals surface area contributed by atoms with Crippen LogP contribution < -0.4 is 10.2 Å². The lowest BCUT2D eigenvalue weighted by molar-refractivity contribution is -0.132. The molecule has 1 fully saturated rings. The molecule has 7 heteroatoms. The van der Waals surface area contributed by atoms with Crippen LogP contribution in [0.4, 0.5) is 14.5 Å². The number of hydrogen-bond donors (Lipinski definition) is 1. The number of amides is 2. The van der Waals surface area contributed by atoms with Crippen LogP contribution >= 0.6 is 15.9 Å². The molecule has 1 saturated heterocycles. The number of rotatable bonds is 2. The summed E-state index contributed by atoms with van der Waals surface area (Å²) in [7, 11) is 0. The quantitative estimate of drug-likeness (QED) is 0.892. The molecule has 108 valence electrons. The van der Waals surface area contributed by atoms with Crippen LogP contribution in [0, 0.1) is 17.6 Å². The molecular formula is C13H13BrF2N2O2. The summed E-state index contributed by atoms with van der Waals surface area (Å²) in [6, 6.07) is 1.03. The number of anilines is 1. The van der Waals surface area contributed by atoms with E-state index in [1.807, 2.05) is 0 Å². The van der Waals surface area contributed by atoms with Crippen molar-refractivity contribution in [2.45, 2.75) is 19.9 Å². The van der Waals surface area contributed by atoms with Crippen LogP contribution in [0.2, 0.25) is 0 Å². The molecule has 1 aliphatic heterocycles. The second-order valence-electron chi connectivity index (χ2n) is 4.93. The molecule has 0 spiro atoms. The van der Waals surface area contributed by atoms with Crippen molar-refractivity contribution in [3.05, 3.63) is 28.2 Å². The zero-order valence-electron chi connectivity index (χ0n) is 10.9. The first-order valence-corrected chi connectivity index (χ1v) is 6.86. The van der Waals surface area contributed by atoms with Crippen LogP contribution in [0.25, 0.3) is 0 Å². The van der Waals surface area contributed by atoms with Crippen molar-refractivity contribution >= 4 is 33.4 Å². The van der Waals surface area contributed by atoms with Crippen molar-refractivity contribution < 1.29 is 18.4 Å². The minimum absolute atomic E-state index is 0.0977. The van der Waals surface area contributed by atoms with Crippen molar-refractivity contribution in [3.8, 4) is 0 Å². The van der Waals surface area contributed by atoms with E-state index in [-0.39, 0.29) is 28.5 Å². The van der Waals surface area contributed by atoms with Gasteiger partial charge in [0.2, 0.25) is 11.8 Å². The maximum atomic E-state index is 13.9. The van der Waals surface area contributed by atoms with E-state index in [0.29, 0.717) is 6.07 Å². The highest BCUT2D eigenvalue weighted by molar-refractivity contribution is 9.10. The molecule has 0 bridgehead atoms. The lowest BCUT2D eigenvalue weighted by atomic mass is 10.0. The van der Waals surface area contributed by atoms with Crippen LogP contribution in [-0.4, -0.2) is 24.4 Å². The molecule has 0 radical (unpaired) electrons. The summed E-state index contributed by atoms with van der Waals surface area (Å²) in [5, 5.41) is 2.57. The summed E-state index contributed by atoms with van der Waals surface area (Å²) in [5.74, 6) is -2.56. The van der Waals surface area contributed by atoms with Gasteiger partial charge in [0.25, 0.3) is 0 Å². The van der Waals surface area contributed by atoms with Crippen molar-refractivity contribution in [2.24, 2.45) is 5.92 Å². The minimum Gasteiger partial charge on any atom is -0.342 e. The summed E-state index contributed by atoms with van der Waals surface area (Å²) >= 11 is 3.03. The van der Waals surface area contributed by atoms with Gasteiger partial charge in [0, 0.05) is 10.5 Å². The number of hydrogen-bond acceptors (Lipinski definition) is 2. The molecule has 1 aromatic rings. The summed E-state index contributed by atoms with van der Waals surface area (Å²) in [5.41, 5.74) is -0.114. The Morgan fingerprint density at radius 2 is 2.00 bits per heavy atom. The van der Waals surface area contributed by atoms with E-state index < -0.39 is 23.6 Å². The Kier molecular flexibility index (Phi) is 4.08. The number of carbonyl (C=O) groups excluding carboxylic acids is 2. The third-order valence-electron chi connectivity index (χ3n) is 3.07. The first kappa shape index (κ1) is 14.9. The van der Waals surface area contributed by atoms with Crippen molar-refractivity contribution in [1.29, 1.82) is 0 Å². The van der Waals surface area contributed by atoms with Gasteiger partial charge in [-0.1, -0.05) is 13.8 Å². The third-order valence-corrected chi connectivity index (χ3v) is 3.67. The summed E-state index contributed by atoms with van der Waals surface area (Å²) in [4.78, 5) is 25.1. The monoisotopic (exact) mass is 346 g/mol. The normalized spacial score (nSPS) is 19.5. The van der Waals surface area contributed by atoms with Gasteiger partial charge in [-0.2, -0.15) is 0 Å². The fourth-order valence-corrected chi connectivity index (χ4v) is 2.73. The van der Waals surface area contributed by atoms with Crippen LogP contribution in [0.5, 0.6) is 0 Å². The number of benzene rings is 1. The maximum absolute atomic E-state index is 13.9. The molecule has 2 rings (SSSR count). The van der Waals surface area contributed by atoms with Gasteiger partial charge < -0.3 is 5.32 Å². The Balaban J connectivity index is 2.46. The Bertz CT molecular complexity index is 554. The number of halogens is 3. The molecular weight excluding hydrogens is 334 g/mol. The molecule has 20 heavy (non-hydrogen) atoms. The molecule has 0 aromatic heterocycles. The maximum Gasteiger partial charge on any atom is 0.250 e. The molecule has 0 saturated carbocycles. The second kappa shape index (κ2) is 5.47. The fraction of sp³-hybridized carbons (Fsp3) is 0.385. The van der Waals surface area contributed by atoms with Crippen molar-refractivity contribution in [3.63, 3.8) is 0 Å². The molecule has 1 atom stereocenters. The zero-order chi connectivity index (χ0) is 15.0. The molecule has 1 aliphatic rings. The highest BCUT2D eigenvalue weighted by Gasteiger charge is 2.37. The molecule has 1 heterocycles. The zero-order valence-corrected chi connectivity index (χ0v) is 12.5. The second-order valence-corrected chi connectivity index (χ2v) is 5.79. The summed E-state index contributed by atoms with van der Waals surface area (Å²) in [6.45, 7) is 3.27. The van der Waals surface area contributed by atoms with Gasteiger partial charge in [0.1, 0.15) is 18.4 Å². The Morgan fingerprint density at radius 3 is 2.55 bits per heavy atom. The standard InChI is InChI=1S/C13H13BrF2N2O2/c1-6(2)11-13(20)18(5-10(19)17-11)12-8(14)3-7(15)4-9(12)16/h3-4,6,11H,5H2,1-2H3,(H,17,19). The van der Waals surface area contributed by atoms with Crippen LogP contribution in [-0.2, 0) is 9.59 Å². The van der Waals surface area contributed by atoms with Gasteiger partial charge in [-0.15, -0.1) is 0 Å². The van der Waals surface area contributed by atoms with E-state index in [2.05, 4.69) is 21.2 Å². The smallest absolute Gasteiger partial charge is 0.250 e. The molecule has 1 aromatic carbocycles. The highest BCUT2D eigenvalue weighted by Crippen LogP contribution is 2.32. The average molecular weight is 347 g/mol. The predicted molar refractivity (Wildman–Crippen MR) is 73.2 cm³/mol. The van der Waals surface area contributed by atoms with Gasteiger partial charge >= 0.3 is 0 Å². The highest BCUT2D eigenvalue weighted by atomic mass is 79.9. The topological polar surface area (TPSA) is 49.4 Å². The largest absolute Gasteiger partial charge is 0.342 e. The van der Waals surface area contributed by atoms with E-state index >= 15 is 0 Å². The molecule has 4 nitrogen and oxygen atoms in total. The van der Waals surface area contributed by atoms with Gasteiger partial charge in [-0.25, -0.2) is 8.78 Å². The lowest BCUT2D eigenvalue weighted by Gasteiger charge is -2.34. The van der Waals surface area contributed by atoms with E-state index in [4.69, 9.17) is 0 Å². The Labute approximate surface area is 123 Å². The number of carbonyl (C=O) groups is 2. The summed E-state index contributed by atoms with van der Waals surface area (Å²) < 4.78 is 27.1. The van der Waals surface area contributed by atoms with E-state index in [1.54, 1.807) is 13.8 Å². The fourth-order valence-electron chi connectivity index (χ4n) is 2.10. The van der Waals surface area contributed by atoms with E-state index in [9.17, 15) is 18.4 Å². The molecule has 1 N–H and O–H groups in total.